The molecule has 2 aromatic rings. The number of aromatic amines is 1. The summed E-state index contributed by atoms with van der Waals surface area (Å²) in [5.41, 5.74) is 3.12. The Hall–Kier alpha value is -1.28. The van der Waals surface area contributed by atoms with Gasteiger partial charge in [0, 0.05) is 29.1 Å². The molecule has 6 heteroatoms. The number of phenols is 1. The van der Waals surface area contributed by atoms with Crippen LogP contribution in [0.4, 0.5) is 0 Å². The lowest BCUT2D eigenvalue weighted by molar-refractivity contribution is -0.150. The van der Waals surface area contributed by atoms with E-state index < -0.39 is 0 Å². The van der Waals surface area contributed by atoms with E-state index in [0.717, 1.165) is 42.5 Å². The lowest BCUT2D eigenvalue weighted by atomic mass is 9.90. The second kappa shape index (κ2) is 7.31. The molecule has 1 fully saturated rings. The molecule has 2 N–H and O–H groups in total. The third-order valence-corrected chi connectivity index (χ3v) is 4.79. The Kier molecular flexibility index (Phi) is 5.34. The van der Waals surface area contributed by atoms with Gasteiger partial charge in [0.2, 0.25) is 0 Å². The van der Waals surface area contributed by atoms with Crippen LogP contribution in [-0.4, -0.2) is 45.6 Å². The molecule has 0 amide bonds. The number of hydrogen-bond acceptors (Lipinski definition) is 4. The number of fused-ring (bicyclic) bond motifs is 6. The van der Waals surface area contributed by atoms with Crippen molar-refractivity contribution < 1.29 is 14.6 Å². The van der Waals surface area contributed by atoms with Gasteiger partial charge in [-0.3, -0.25) is 4.90 Å². The maximum atomic E-state index is 12.5. The summed E-state index contributed by atoms with van der Waals surface area (Å²) in [5, 5.41) is 10.8. The number of nitrogens with zero attached hydrogens (tertiary/aromatic N) is 1. The highest BCUT2D eigenvalue weighted by molar-refractivity contribution is 14.1. The first-order valence-electron chi connectivity index (χ1n) is 8.32. The van der Waals surface area contributed by atoms with E-state index in [-0.39, 0.29) is 17.8 Å². The molecule has 1 aromatic heterocycles. The molecule has 2 aliphatic heterocycles. The van der Waals surface area contributed by atoms with Crippen LogP contribution in [0.1, 0.15) is 43.0 Å². The average Bonchev–Trinajstić information content (AvgIpc) is 3.17. The van der Waals surface area contributed by atoms with Crippen LogP contribution in [0.3, 0.4) is 0 Å². The van der Waals surface area contributed by atoms with Gasteiger partial charge in [-0.05, 0) is 48.1 Å². The Balaban J connectivity index is 0.000000815. The van der Waals surface area contributed by atoms with E-state index in [1.54, 1.807) is 12.1 Å². The van der Waals surface area contributed by atoms with Gasteiger partial charge in [-0.2, -0.15) is 0 Å². The van der Waals surface area contributed by atoms with E-state index in [9.17, 15) is 9.90 Å². The van der Waals surface area contributed by atoms with E-state index in [2.05, 4.69) is 32.5 Å². The predicted molar refractivity (Wildman–Crippen MR) is 103 cm³/mol. The summed E-state index contributed by atoms with van der Waals surface area (Å²) >= 11 is 2.15. The largest absolute Gasteiger partial charge is 0.508 e. The quantitative estimate of drug-likeness (QED) is 0.432. The number of alkyl halides is 1. The Morgan fingerprint density at radius 3 is 3.00 bits per heavy atom. The highest BCUT2D eigenvalue weighted by Gasteiger charge is 2.44. The molecular weight excluding hydrogens is 419 g/mol. The van der Waals surface area contributed by atoms with Gasteiger partial charge in [0.1, 0.15) is 11.8 Å². The molecular formula is C18H23IN2O3. The van der Waals surface area contributed by atoms with Crippen molar-refractivity contribution in [2.24, 2.45) is 0 Å². The minimum atomic E-state index is -0.338. The molecule has 4 rings (SSSR count). The number of benzene rings is 1. The number of esters is 1. The Labute approximate surface area is 155 Å². The number of halogens is 1. The number of nitrogens with one attached hydrogen (secondary N) is 1. The number of aromatic nitrogens is 1. The summed E-state index contributed by atoms with van der Waals surface area (Å²) in [6, 6.07) is 5.01. The Morgan fingerprint density at radius 1 is 1.46 bits per heavy atom. The van der Waals surface area contributed by atoms with E-state index >= 15 is 0 Å². The van der Waals surface area contributed by atoms with Crippen LogP contribution in [0, 0.1) is 0 Å². The number of aromatic hydroxyl groups is 1. The number of ether oxygens (including phenoxy) is 1. The zero-order valence-corrected chi connectivity index (χ0v) is 16.2. The Morgan fingerprint density at radius 2 is 2.25 bits per heavy atom. The Bertz CT molecular complexity index is 743. The van der Waals surface area contributed by atoms with Gasteiger partial charge in [-0.25, -0.2) is 4.79 Å². The molecule has 2 bridgehead atoms. The first-order chi connectivity index (χ1) is 11.7. The molecule has 24 heavy (non-hydrogen) atoms. The van der Waals surface area contributed by atoms with Crippen molar-refractivity contribution in [3.8, 4) is 5.75 Å². The summed E-state index contributed by atoms with van der Waals surface area (Å²) in [7, 11) is 0. The lowest BCUT2D eigenvalue weighted by Crippen LogP contribution is -2.37. The molecule has 2 aliphatic rings. The molecule has 0 saturated carbocycles. The maximum Gasteiger partial charge on any atom is 0.329 e. The minimum Gasteiger partial charge on any atom is -0.508 e. The van der Waals surface area contributed by atoms with Crippen LogP contribution in [-0.2, 0) is 9.53 Å². The standard InChI is InChI=1S/C17H20N2O3.CH3I/c1-2-7-22-17(21)16-15-14(10-5-6-19(16)9-10)12-8-11(20)3-4-13(12)18-15;1-2/h3-4,8,10,16,18,20H,2,5-7,9H2,1H3;1H3. The first-order valence-corrected chi connectivity index (χ1v) is 10.5. The summed E-state index contributed by atoms with van der Waals surface area (Å²) in [4.78, 5) is 20.1. The smallest absolute Gasteiger partial charge is 0.329 e. The van der Waals surface area contributed by atoms with Crippen LogP contribution >= 0.6 is 22.6 Å². The molecule has 0 aliphatic carbocycles. The molecule has 130 valence electrons. The summed E-state index contributed by atoms with van der Waals surface area (Å²) in [5.74, 6) is 0.528. The van der Waals surface area contributed by atoms with Gasteiger partial charge in [-0.15, -0.1) is 0 Å². The van der Waals surface area contributed by atoms with E-state index in [4.69, 9.17) is 4.74 Å². The van der Waals surface area contributed by atoms with Crippen molar-refractivity contribution in [2.45, 2.75) is 31.7 Å². The SMILES string of the molecule is CCCOC(=O)C1c2[nH]c3ccc(O)cc3c2C2CCN1C2.CI. The van der Waals surface area contributed by atoms with Crippen molar-refractivity contribution >= 4 is 39.5 Å². The van der Waals surface area contributed by atoms with Crippen molar-refractivity contribution in [2.75, 3.05) is 24.6 Å². The summed E-state index contributed by atoms with van der Waals surface area (Å²) in [6.45, 7) is 4.26. The molecule has 5 nitrogen and oxygen atoms in total. The fourth-order valence-corrected chi connectivity index (χ4v) is 3.87. The fourth-order valence-electron chi connectivity index (χ4n) is 3.87. The number of phenolic OH excluding ortho intramolecular Hbond substituents is 1. The van der Waals surface area contributed by atoms with E-state index in [1.807, 2.05) is 17.9 Å². The molecule has 1 saturated heterocycles. The number of H-pyrrole nitrogens is 1. The van der Waals surface area contributed by atoms with E-state index in [1.165, 1.54) is 5.56 Å². The monoisotopic (exact) mass is 442 g/mol. The number of carbonyl (C=O) groups excluding carboxylic acids is 1. The molecule has 3 atom stereocenters. The highest BCUT2D eigenvalue weighted by atomic mass is 127. The topological polar surface area (TPSA) is 65.6 Å². The number of carbonyl (C=O) groups is 1. The van der Waals surface area contributed by atoms with Gasteiger partial charge in [-0.1, -0.05) is 29.5 Å². The van der Waals surface area contributed by atoms with Crippen molar-refractivity contribution in [1.82, 2.24) is 9.88 Å². The molecule has 0 spiro atoms. The van der Waals surface area contributed by atoms with Gasteiger partial charge < -0.3 is 14.8 Å². The third-order valence-electron chi connectivity index (χ3n) is 4.79. The molecule has 3 unspecified atom stereocenters. The summed E-state index contributed by atoms with van der Waals surface area (Å²) < 4.78 is 5.41. The normalized spacial score (nSPS) is 24.2. The molecule has 1 aromatic carbocycles. The van der Waals surface area contributed by atoms with Crippen LogP contribution in [0.5, 0.6) is 5.75 Å². The van der Waals surface area contributed by atoms with Crippen LogP contribution in [0.2, 0.25) is 0 Å². The van der Waals surface area contributed by atoms with Crippen LogP contribution in [0.25, 0.3) is 10.9 Å². The zero-order chi connectivity index (χ0) is 17.3. The zero-order valence-electron chi connectivity index (χ0n) is 14.0. The molecule has 0 radical (unpaired) electrons. The van der Waals surface area contributed by atoms with Gasteiger partial charge in [0.05, 0.1) is 6.61 Å². The van der Waals surface area contributed by atoms with Gasteiger partial charge in [0.25, 0.3) is 0 Å². The number of hydrogen-bond donors (Lipinski definition) is 2. The van der Waals surface area contributed by atoms with Crippen molar-refractivity contribution in [3.05, 3.63) is 29.5 Å². The minimum absolute atomic E-state index is 0.167. The van der Waals surface area contributed by atoms with Crippen LogP contribution in [0.15, 0.2) is 18.2 Å². The molecule has 3 heterocycles. The second-order valence-corrected chi connectivity index (χ2v) is 6.23. The first kappa shape index (κ1) is 17.5. The fraction of sp³-hybridized carbons (Fsp3) is 0.500. The average molecular weight is 442 g/mol. The third kappa shape index (κ3) is 2.90. The van der Waals surface area contributed by atoms with Crippen molar-refractivity contribution in [1.29, 1.82) is 0 Å². The highest BCUT2D eigenvalue weighted by Crippen LogP contribution is 2.46. The maximum absolute atomic E-state index is 12.5. The second-order valence-electron chi connectivity index (χ2n) is 6.23. The predicted octanol–water partition coefficient (Wildman–Crippen LogP) is 3.72. The van der Waals surface area contributed by atoms with Gasteiger partial charge in [0.15, 0.2) is 0 Å². The van der Waals surface area contributed by atoms with Gasteiger partial charge >= 0.3 is 5.97 Å². The van der Waals surface area contributed by atoms with E-state index in [0.29, 0.717) is 12.5 Å². The lowest BCUT2D eigenvalue weighted by Gasteiger charge is -2.30. The van der Waals surface area contributed by atoms with Crippen molar-refractivity contribution in [3.63, 3.8) is 0 Å². The van der Waals surface area contributed by atoms with Crippen LogP contribution < -0.4 is 0 Å². The number of rotatable bonds is 3. The summed E-state index contributed by atoms with van der Waals surface area (Å²) in [6.07, 6.45) is 1.88.